The van der Waals surface area contributed by atoms with Crippen LogP contribution in [0.5, 0.6) is 0 Å². The molecule has 1 rings (SSSR count). The molecule has 0 aliphatic heterocycles. The van der Waals surface area contributed by atoms with E-state index in [2.05, 4.69) is 10.6 Å². The van der Waals surface area contributed by atoms with E-state index in [0.29, 0.717) is 17.3 Å². The van der Waals surface area contributed by atoms with Crippen LogP contribution in [0.25, 0.3) is 0 Å². The van der Waals surface area contributed by atoms with Crippen molar-refractivity contribution in [2.24, 2.45) is 0 Å². The van der Waals surface area contributed by atoms with Gasteiger partial charge in [0.05, 0.1) is 4.92 Å². The third-order valence-corrected chi connectivity index (χ3v) is 2.41. The van der Waals surface area contributed by atoms with Gasteiger partial charge in [-0.15, -0.1) is 0 Å². The Morgan fingerprint density at radius 3 is 2.83 bits per heavy atom. The number of thiocarbonyl (C=S) groups is 1. The standard InChI is InChI=1S/C11H16N4O2S/c1-14(2)7-6-12-11(18)13-9-4-3-5-10(8-9)15(16)17/h3-5,8H,6-7H2,1-2H3,(H2,12,13,18). The van der Waals surface area contributed by atoms with Gasteiger partial charge in [-0.05, 0) is 32.4 Å². The first-order valence-electron chi connectivity index (χ1n) is 5.43. The molecule has 1 aromatic rings. The summed E-state index contributed by atoms with van der Waals surface area (Å²) >= 11 is 5.09. The number of nitrogens with one attached hydrogen (secondary N) is 2. The van der Waals surface area contributed by atoms with E-state index in [1.54, 1.807) is 12.1 Å². The molecule has 2 N–H and O–H groups in total. The maximum Gasteiger partial charge on any atom is 0.271 e. The van der Waals surface area contributed by atoms with Gasteiger partial charge in [-0.1, -0.05) is 6.07 Å². The molecule has 18 heavy (non-hydrogen) atoms. The van der Waals surface area contributed by atoms with E-state index >= 15 is 0 Å². The number of hydrogen-bond donors (Lipinski definition) is 2. The highest BCUT2D eigenvalue weighted by Crippen LogP contribution is 2.16. The molecule has 0 saturated carbocycles. The zero-order valence-corrected chi connectivity index (χ0v) is 11.2. The molecular weight excluding hydrogens is 252 g/mol. The Bertz CT molecular complexity index is 437. The third-order valence-electron chi connectivity index (χ3n) is 2.16. The molecule has 1 aromatic carbocycles. The van der Waals surface area contributed by atoms with Gasteiger partial charge in [0.15, 0.2) is 5.11 Å². The van der Waals surface area contributed by atoms with Gasteiger partial charge in [-0.25, -0.2) is 0 Å². The summed E-state index contributed by atoms with van der Waals surface area (Å²) in [5.74, 6) is 0. The molecule has 0 aromatic heterocycles. The van der Waals surface area contributed by atoms with Crippen LogP contribution in [0.1, 0.15) is 0 Å². The van der Waals surface area contributed by atoms with Gasteiger partial charge >= 0.3 is 0 Å². The van der Waals surface area contributed by atoms with E-state index in [-0.39, 0.29) is 5.69 Å². The molecule has 0 amide bonds. The molecule has 0 unspecified atom stereocenters. The van der Waals surface area contributed by atoms with Gasteiger partial charge in [0.25, 0.3) is 5.69 Å². The SMILES string of the molecule is CN(C)CCNC(=S)Nc1cccc([N+](=O)[O-])c1. The topological polar surface area (TPSA) is 70.4 Å². The summed E-state index contributed by atoms with van der Waals surface area (Å²) in [7, 11) is 3.94. The van der Waals surface area contributed by atoms with Crippen LogP contribution in [-0.2, 0) is 0 Å². The molecule has 0 atom stereocenters. The Hall–Kier alpha value is -1.73. The van der Waals surface area contributed by atoms with Gasteiger partial charge < -0.3 is 15.5 Å². The fraction of sp³-hybridized carbons (Fsp3) is 0.364. The third kappa shape index (κ3) is 5.07. The van der Waals surface area contributed by atoms with Gasteiger partial charge in [0, 0.05) is 30.9 Å². The predicted molar refractivity (Wildman–Crippen MR) is 75.9 cm³/mol. The van der Waals surface area contributed by atoms with Crippen LogP contribution in [-0.4, -0.2) is 42.1 Å². The van der Waals surface area contributed by atoms with Gasteiger partial charge in [-0.3, -0.25) is 10.1 Å². The van der Waals surface area contributed by atoms with Crippen molar-refractivity contribution in [2.75, 3.05) is 32.5 Å². The fourth-order valence-corrected chi connectivity index (χ4v) is 1.49. The number of hydrogen-bond acceptors (Lipinski definition) is 4. The minimum atomic E-state index is -0.437. The molecule has 98 valence electrons. The monoisotopic (exact) mass is 268 g/mol. The Kier molecular flexibility index (Phi) is 5.47. The van der Waals surface area contributed by atoms with E-state index in [1.807, 2.05) is 19.0 Å². The molecule has 0 bridgehead atoms. The van der Waals surface area contributed by atoms with Crippen molar-refractivity contribution < 1.29 is 4.92 Å². The van der Waals surface area contributed by atoms with Crippen LogP contribution < -0.4 is 10.6 Å². The summed E-state index contributed by atoms with van der Waals surface area (Å²) in [5.41, 5.74) is 0.641. The first-order chi connectivity index (χ1) is 8.49. The van der Waals surface area contributed by atoms with E-state index in [0.717, 1.165) is 6.54 Å². The fourth-order valence-electron chi connectivity index (χ4n) is 1.27. The number of nitrogens with zero attached hydrogens (tertiary/aromatic N) is 2. The average molecular weight is 268 g/mol. The number of nitro benzene ring substituents is 1. The number of non-ortho nitro benzene ring substituents is 1. The molecule has 0 saturated heterocycles. The molecule has 7 heteroatoms. The highest BCUT2D eigenvalue weighted by Gasteiger charge is 2.06. The molecule has 0 aliphatic rings. The number of benzene rings is 1. The van der Waals surface area contributed by atoms with Crippen LogP contribution in [0.15, 0.2) is 24.3 Å². The second-order valence-corrected chi connectivity index (χ2v) is 4.40. The van der Waals surface area contributed by atoms with Crippen molar-refractivity contribution in [3.63, 3.8) is 0 Å². The molecule has 0 aliphatic carbocycles. The summed E-state index contributed by atoms with van der Waals surface area (Å²) in [5, 5.41) is 17.0. The molecule has 0 radical (unpaired) electrons. The van der Waals surface area contributed by atoms with Crippen molar-refractivity contribution in [2.45, 2.75) is 0 Å². The molecular formula is C11H16N4O2S. The van der Waals surface area contributed by atoms with Gasteiger partial charge in [-0.2, -0.15) is 0 Å². The lowest BCUT2D eigenvalue weighted by Crippen LogP contribution is -2.34. The van der Waals surface area contributed by atoms with E-state index in [9.17, 15) is 10.1 Å². The largest absolute Gasteiger partial charge is 0.361 e. The van der Waals surface area contributed by atoms with Crippen molar-refractivity contribution >= 4 is 28.7 Å². The molecule has 0 fully saturated rings. The van der Waals surface area contributed by atoms with E-state index in [1.165, 1.54) is 12.1 Å². The zero-order valence-electron chi connectivity index (χ0n) is 10.3. The number of likely N-dealkylation sites (N-methyl/N-ethyl adjacent to an activating group) is 1. The molecule has 0 heterocycles. The Morgan fingerprint density at radius 2 is 2.22 bits per heavy atom. The maximum atomic E-state index is 10.6. The highest BCUT2D eigenvalue weighted by molar-refractivity contribution is 7.80. The zero-order chi connectivity index (χ0) is 13.5. The summed E-state index contributed by atoms with van der Waals surface area (Å²) in [6.07, 6.45) is 0. The van der Waals surface area contributed by atoms with Crippen molar-refractivity contribution in [3.05, 3.63) is 34.4 Å². The van der Waals surface area contributed by atoms with Crippen LogP contribution >= 0.6 is 12.2 Å². The average Bonchev–Trinajstić information content (AvgIpc) is 2.28. The first-order valence-corrected chi connectivity index (χ1v) is 5.84. The van der Waals surface area contributed by atoms with Crippen LogP contribution in [0.2, 0.25) is 0 Å². The normalized spacial score (nSPS) is 10.2. The quantitative estimate of drug-likeness (QED) is 0.478. The summed E-state index contributed by atoms with van der Waals surface area (Å²) in [4.78, 5) is 12.2. The number of anilines is 1. The van der Waals surface area contributed by atoms with Crippen LogP contribution in [0, 0.1) is 10.1 Å². The number of rotatable bonds is 5. The van der Waals surface area contributed by atoms with Crippen molar-refractivity contribution in [1.29, 1.82) is 0 Å². The molecule has 0 spiro atoms. The van der Waals surface area contributed by atoms with Crippen LogP contribution in [0.4, 0.5) is 11.4 Å². The first kappa shape index (κ1) is 14.3. The highest BCUT2D eigenvalue weighted by atomic mass is 32.1. The van der Waals surface area contributed by atoms with E-state index in [4.69, 9.17) is 12.2 Å². The predicted octanol–water partition coefficient (Wildman–Crippen LogP) is 1.44. The summed E-state index contributed by atoms with van der Waals surface area (Å²) in [6, 6.07) is 6.23. The second-order valence-electron chi connectivity index (χ2n) is 3.99. The Morgan fingerprint density at radius 1 is 1.50 bits per heavy atom. The lowest BCUT2D eigenvalue weighted by Gasteiger charge is -2.13. The van der Waals surface area contributed by atoms with E-state index < -0.39 is 4.92 Å². The lowest BCUT2D eigenvalue weighted by molar-refractivity contribution is -0.384. The summed E-state index contributed by atoms with van der Waals surface area (Å²) < 4.78 is 0. The number of nitro groups is 1. The second kappa shape index (κ2) is 6.87. The Labute approximate surface area is 111 Å². The van der Waals surface area contributed by atoms with Gasteiger partial charge in [0.1, 0.15) is 0 Å². The smallest absolute Gasteiger partial charge is 0.271 e. The van der Waals surface area contributed by atoms with Crippen LogP contribution in [0.3, 0.4) is 0 Å². The lowest BCUT2D eigenvalue weighted by atomic mass is 10.3. The minimum Gasteiger partial charge on any atom is -0.361 e. The maximum absolute atomic E-state index is 10.6. The van der Waals surface area contributed by atoms with Gasteiger partial charge in [0.2, 0.25) is 0 Å². The Balaban J connectivity index is 2.49. The summed E-state index contributed by atoms with van der Waals surface area (Å²) in [6.45, 7) is 1.57. The molecule has 6 nitrogen and oxygen atoms in total. The van der Waals surface area contributed by atoms with Crippen molar-refractivity contribution in [1.82, 2.24) is 10.2 Å². The minimum absolute atomic E-state index is 0.0380. The van der Waals surface area contributed by atoms with Crippen molar-refractivity contribution in [3.8, 4) is 0 Å².